The third-order valence-electron chi connectivity index (χ3n) is 3.46. The average molecular weight is 249 g/mol. The summed E-state index contributed by atoms with van der Waals surface area (Å²) in [5.41, 5.74) is 1.08. The van der Waals surface area contributed by atoms with Crippen molar-refractivity contribution < 1.29 is 14.2 Å². The van der Waals surface area contributed by atoms with E-state index in [9.17, 15) is 0 Å². The molecule has 18 heavy (non-hydrogen) atoms. The number of nitrogens with one attached hydrogen (secondary N) is 1. The van der Waals surface area contributed by atoms with Gasteiger partial charge in [-0.1, -0.05) is 0 Å². The zero-order valence-corrected chi connectivity index (χ0v) is 10.9. The maximum Gasteiger partial charge on any atom is 0.231 e. The second-order valence-corrected chi connectivity index (χ2v) is 5.49. The summed E-state index contributed by atoms with van der Waals surface area (Å²) in [7, 11) is 0. The Labute approximate surface area is 107 Å². The van der Waals surface area contributed by atoms with Gasteiger partial charge in [0.25, 0.3) is 0 Å². The minimum absolute atomic E-state index is 0.0290. The van der Waals surface area contributed by atoms with E-state index in [-0.39, 0.29) is 5.60 Å². The predicted octanol–water partition coefficient (Wildman–Crippen LogP) is 2.78. The first-order chi connectivity index (χ1) is 8.62. The monoisotopic (exact) mass is 249 g/mol. The van der Waals surface area contributed by atoms with Gasteiger partial charge in [-0.15, -0.1) is 0 Å². The van der Waals surface area contributed by atoms with Gasteiger partial charge in [-0.05, 0) is 38.8 Å². The van der Waals surface area contributed by atoms with Crippen LogP contribution in [0.3, 0.4) is 0 Å². The van der Waals surface area contributed by atoms with Gasteiger partial charge in [0.1, 0.15) is 0 Å². The van der Waals surface area contributed by atoms with E-state index in [0.29, 0.717) is 12.9 Å². The molecular formula is C14H19NO3. The maximum atomic E-state index is 5.94. The molecular weight excluding hydrogens is 230 g/mol. The Hall–Kier alpha value is -1.42. The lowest BCUT2D eigenvalue weighted by molar-refractivity contribution is -0.00911. The van der Waals surface area contributed by atoms with Gasteiger partial charge in [-0.3, -0.25) is 0 Å². The topological polar surface area (TPSA) is 39.7 Å². The van der Waals surface area contributed by atoms with E-state index >= 15 is 0 Å². The van der Waals surface area contributed by atoms with E-state index < -0.39 is 0 Å². The number of fused-ring (bicyclic) bond motifs is 1. The molecule has 0 aliphatic carbocycles. The summed E-state index contributed by atoms with van der Waals surface area (Å²) in [4.78, 5) is 0. The Bertz CT molecular complexity index is 445. The fraction of sp³-hybridized carbons (Fsp3) is 0.571. The highest BCUT2D eigenvalue weighted by Crippen LogP contribution is 2.34. The molecule has 0 radical (unpaired) electrons. The van der Waals surface area contributed by atoms with Crippen LogP contribution in [0.15, 0.2) is 18.2 Å². The van der Waals surface area contributed by atoms with Crippen molar-refractivity contribution in [3.8, 4) is 11.5 Å². The van der Waals surface area contributed by atoms with Crippen LogP contribution in [0.4, 0.5) is 5.69 Å². The molecule has 1 saturated heterocycles. The Morgan fingerprint density at radius 3 is 2.89 bits per heavy atom. The van der Waals surface area contributed by atoms with Crippen molar-refractivity contribution in [3.05, 3.63) is 18.2 Å². The molecule has 0 aromatic heterocycles. The summed E-state index contributed by atoms with van der Waals surface area (Å²) in [6, 6.07) is 5.92. The molecule has 2 aliphatic rings. The minimum Gasteiger partial charge on any atom is -0.454 e. The van der Waals surface area contributed by atoms with Crippen LogP contribution in [0.1, 0.15) is 26.7 Å². The molecule has 0 spiro atoms. The molecule has 1 N–H and O–H groups in total. The number of ether oxygens (including phenoxy) is 3. The molecule has 1 aromatic carbocycles. The van der Waals surface area contributed by atoms with Crippen LogP contribution in [0.2, 0.25) is 0 Å². The molecule has 2 heterocycles. The van der Waals surface area contributed by atoms with Crippen LogP contribution < -0.4 is 14.8 Å². The van der Waals surface area contributed by atoms with Gasteiger partial charge in [0, 0.05) is 18.3 Å². The quantitative estimate of drug-likeness (QED) is 0.894. The first kappa shape index (κ1) is 11.7. The highest BCUT2D eigenvalue weighted by atomic mass is 16.7. The first-order valence-electron chi connectivity index (χ1n) is 6.44. The molecule has 1 fully saturated rings. The van der Waals surface area contributed by atoms with E-state index in [1.807, 2.05) is 18.2 Å². The Morgan fingerprint density at radius 2 is 2.11 bits per heavy atom. The fourth-order valence-corrected chi connectivity index (χ4v) is 2.46. The van der Waals surface area contributed by atoms with Crippen LogP contribution in [0.5, 0.6) is 11.5 Å². The van der Waals surface area contributed by atoms with Crippen molar-refractivity contribution in [2.24, 2.45) is 0 Å². The molecule has 2 aliphatic heterocycles. The molecule has 0 saturated carbocycles. The van der Waals surface area contributed by atoms with Gasteiger partial charge in [0.2, 0.25) is 6.79 Å². The smallest absolute Gasteiger partial charge is 0.231 e. The van der Waals surface area contributed by atoms with Crippen LogP contribution >= 0.6 is 0 Å². The number of hydrogen-bond acceptors (Lipinski definition) is 4. The van der Waals surface area contributed by atoms with E-state index in [1.165, 1.54) is 0 Å². The lowest BCUT2D eigenvalue weighted by atomic mass is 10.1. The Morgan fingerprint density at radius 1 is 1.28 bits per heavy atom. The third-order valence-corrected chi connectivity index (χ3v) is 3.46. The summed E-state index contributed by atoms with van der Waals surface area (Å²) < 4.78 is 16.6. The van der Waals surface area contributed by atoms with Crippen LogP contribution in [0, 0.1) is 0 Å². The number of hydrogen-bond donors (Lipinski definition) is 1. The van der Waals surface area contributed by atoms with Crippen molar-refractivity contribution in [2.45, 2.75) is 38.4 Å². The fourth-order valence-electron chi connectivity index (χ4n) is 2.46. The zero-order valence-electron chi connectivity index (χ0n) is 10.9. The van der Waals surface area contributed by atoms with E-state index in [1.54, 1.807) is 0 Å². The standard InChI is InChI=1S/C14H19NO3/c1-14(2)6-5-11(18-14)8-15-10-3-4-12-13(7-10)17-9-16-12/h3-4,7,11,15H,5-6,8-9H2,1-2H3. The third kappa shape index (κ3) is 2.38. The predicted molar refractivity (Wildman–Crippen MR) is 69.2 cm³/mol. The second kappa shape index (κ2) is 4.35. The average Bonchev–Trinajstić information content (AvgIpc) is 2.92. The van der Waals surface area contributed by atoms with Gasteiger partial charge in [0.05, 0.1) is 11.7 Å². The summed E-state index contributed by atoms with van der Waals surface area (Å²) in [6.07, 6.45) is 2.54. The van der Waals surface area contributed by atoms with Gasteiger partial charge in [-0.25, -0.2) is 0 Å². The second-order valence-electron chi connectivity index (χ2n) is 5.49. The van der Waals surface area contributed by atoms with Crippen molar-refractivity contribution in [1.29, 1.82) is 0 Å². The van der Waals surface area contributed by atoms with E-state index in [0.717, 1.165) is 36.6 Å². The number of rotatable bonds is 3. The number of anilines is 1. The molecule has 98 valence electrons. The largest absolute Gasteiger partial charge is 0.454 e. The molecule has 4 heteroatoms. The molecule has 1 atom stereocenters. The molecule has 0 bridgehead atoms. The van der Waals surface area contributed by atoms with Gasteiger partial charge >= 0.3 is 0 Å². The van der Waals surface area contributed by atoms with E-state index in [4.69, 9.17) is 14.2 Å². The van der Waals surface area contributed by atoms with Crippen LogP contribution in [0.25, 0.3) is 0 Å². The minimum atomic E-state index is 0.0290. The molecule has 4 nitrogen and oxygen atoms in total. The maximum absolute atomic E-state index is 5.94. The SMILES string of the molecule is CC1(C)CCC(CNc2ccc3c(c2)OCO3)O1. The lowest BCUT2D eigenvalue weighted by Gasteiger charge is -2.19. The lowest BCUT2D eigenvalue weighted by Crippen LogP contribution is -2.24. The normalized spacial score (nSPS) is 24.2. The van der Waals surface area contributed by atoms with Crippen LogP contribution in [-0.2, 0) is 4.74 Å². The Kier molecular flexibility index (Phi) is 2.82. The summed E-state index contributed by atoms with van der Waals surface area (Å²) in [6.45, 7) is 5.45. The molecule has 0 amide bonds. The van der Waals surface area contributed by atoms with E-state index in [2.05, 4.69) is 19.2 Å². The summed E-state index contributed by atoms with van der Waals surface area (Å²) in [5, 5.41) is 3.39. The molecule has 1 aromatic rings. The highest BCUT2D eigenvalue weighted by Gasteiger charge is 2.31. The van der Waals surface area contributed by atoms with Gasteiger partial charge < -0.3 is 19.5 Å². The first-order valence-corrected chi connectivity index (χ1v) is 6.44. The van der Waals surface area contributed by atoms with Gasteiger partial charge in [-0.2, -0.15) is 0 Å². The van der Waals surface area contributed by atoms with Crippen molar-refractivity contribution in [3.63, 3.8) is 0 Å². The van der Waals surface area contributed by atoms with Crippen molar-refractivity contribution >= 4 is 5.69 Å². The summed E-state index contributed by atoms with van der Waals surface area (Å²) in [5.74, 6) is 1.63. The zero-order chi connectivity index (χ0) is 12.6. The van der Waals surface area contributed by atoms with Crippen LogP contribution in [-0.4, -0.2) is 25.0 Å². The molecule has 1 unspecified atom stereocenters. The van der Waals surface area contributed by atoms with Gasteiger partial charge in [0.15, 0.2) is 11.5 Å². The summed E-state index contributed by atoms with van der Waals surface area (Å²) >= 11 is 0. The van der Waals surface area contributed by atoms with Crippen molar-refractivity contribution in [1.82, 2.24) is 0 Å². The highest BCUT2D eigenvalue weighted by molar-refractivity contribution is 5.55. The molecule has 3 rings (SSSR count). The Balaban J connectivity index is 1.57. The number of benzene rings is 1. The van der Waals surface area contributed by atoms with Crippen molar-refractivity contribution in [2.75, 3.05) is 18.7 Å².